The molecule has 0 fully saturated rings. The van der Waals surface area contributed by atoms with Gasteiger partial charge >= 0.3 is 10.5 Å². The van der Waals surface area contributed by atoms with Gasteiger partial charge in [-0.3, -0.25) is 9.78 Å². The molecule has 3 rings (SSSR count). The van der Waals surface area contributed by atoms with Gasteiger partial charge in [-0.2, -0.15) is 8.42 Å². The molecule has 0 aliphatic heterocycles. The SMILES string of the molecule is CC(=O)N=S(=O)=O.Cc1ccc(Oc2ccnc(Nc3ccccc3)c2)c(C)n1. The number of benzene rings is 1. The molecule has 1 aromatic carbocycles. The minimum Gasteiger partial charge on any atom is -0.455 e. The van der Waals surface area contributed by atoms with Gasteiger partial charge < -0.3 is 10.1 Å². The first kappa shape index (κ1) is 21.7. The molecular formula is C20H20N4O4S. The maximum absolute atomic E-state index is 9.69. The highest BCUT2D eigenvalue weighted by Gasteiger charge is 2.04. The number of carbonyl (C=O) groups is 1. The van der Waals surface area contributed by atoms with Gasteiger partial charge in [0.1, 0.15) is 17.3 Å². The smallest absolute Gasteiger partial charge is 0.319 e. The van der Waals surface area contributed by atoms with Crippen LogP contribution in [0.4, 0.5) is 11.5 Å². The van der Waals surface area contributed by atoms with Crippen LogP contribution in [0.1, 0.15) is 18.3 Å². The van der Waals surface area contributed by atoms with Crippen molar-refractivity contribution >= 4 is 27.9 Å². The lowest BCUT2D eigenvalue weighted by atomic mass is 10.3. The zero-order valence-corrected chi connectivity index (χ0v) is 17.0. The Morgan fingerprint density at radius 1 is 1.07 bits per heavy atom. The monoisotopic (exact) mass is 412 g/mol. The molecule has 1 N–H and O–H groups in total. The molecular weight excluding hydrogens is 392 g/mol. The number of hydrogen-bond acceptors (Lipinski definition) is 7. The van der Waals surface area contributed by atoms with E-state index in [0.717, 1.165) is 41.3 Å². The van der Waals surface area contributed by atoms with Crippen LogP contribution in [-0.4, -0.2) is 24.3 Å². The van der Waals surface area contributed by atoms with Gasteiger partial charge in [0.05, 0.1) is 5.69 Å². The number of anilines is 2. The summed E-state index contributed by atoms with van der Waals surface area (Å²) in [5, 5.41) is 3.25. The quantitative estimate of drug-likeness (QED) is 0.683. The lowest BCUT2D eigenvalue weighted by molar-refractivity contribution is -0.115. The first-order valence-corrected chi connectivity index (χ1v) is 9.58. The number of nitrogens with zero attached hydrogens (tertiary/aromatic N) is 3. The van der Waals surface area contributed by atoms with Gasteiger partial charge in [0.2, 0.25) is 0 Å². The summed E-state index contributed by atoms with van der Waals surface area (Å²) in [6.45, 7) is 4.97. The van der Waals surface area contributed by atoms with Crippen LogP contribution < -0.4 is 10.1 Å². The Balaban J connectivity index is 0.000000370. The van der Waals surface area contributed by atoms with Gasteiger partial charge in [-0.15, -0.1) is 0 Å². The lowest BCUT2D eigenvalue weighted by Gasteiger charge is -2.10. The second-order valence-corrected chi connectivity index (χ2v) is 6.45. The molecule has 0 atom stereocenters. The van der Waals surface area contributed by atoms with Gasteiger partial charge in [-0.25, -0.2) is 4.98 Å². The number of aryl methyl sites for hydroxylation is 2. The topological polar surface area (TPSA) is 111 Å². The van der Waals surface area contributed by atoms with Crippen molar-refractivity contribution in [1.29, 1.82) is 0 Å². The molecule has 0 radical (unpaired) electrons. The van der Waals surface area contributed by atoms with Crippen LogP contribution in [0.15, 0.2) is 65.2 Å². The van der Waals surface area contributed by atoms with Crippen molar-refractivity contribution in [3.8, 4) is 11.5 Å². The minimum absolute atomic E-state index is 0.701. The van der Waals surface area contributed by atoms with Crippen LogP contribution in [0.25, 0.3) is 0 Å². The third-order valence-corrected chi connectivity index (χ3v) is 3.79. The summed E-state index contributed by atoms with van der Waals surface area (Å²) < 4.78 is 27.3. The molecule has 1 amide bonds. The second kappa shape index (κ2) is 10.7. The lowest BCUT2D eigenvalue weighted by Crippen LogP contribution is -1.95. The van der Waals surface area contributed by atoms with E-state index in [0.29, 0.717) is 0 Å². The molecule has 29 heavy (non-hydrogen) atoms. The van der Waals surface area contributed by atoms with E-state index in [9.17, 15) is 13.2 Å². The van der Waals surface area contributed by atoms with Gasteiger partial charge in [-0.05, 0) is 44.2 Å². The van der Waals surface area contributed by atoms with Crippen LogP contribution in [0.2, 0.25) is 0 Å². The summed E-state index contributed by atoms with van der Waals surface area (Å²) in [6.07, 6.45) is 1.72. The van der Waals surface area contributed by atoms with Gasteiger partial charge in [0.25, 0.3) is 5.91 Å². The average molecular weight is 412 g/mol. The van der Waals surface area contributed by atoms with Crippen molar-refractivity contribution in [2.45, 2.75) is 20.8 Å². The number of pyridine rings is 2. The van der Waals surface area contributed by atoms with Crippen LogP contribution in [0.5, 0.6) is 11.5 Å². The highest BCUT2D eigenvalue weighted by Crippen LogP contribution is 2.26. The van der Waals surface area contributed by atoms with Gasteiger partial charge in [-0.1, -0.05) is 22.6 Å². The highest BCUT2D eigenvalue weighted by molar-refractivity contribution is 7.62. The number of aromatic nitrogens is 2. The first-order valence-electron chi connectivity index (χ1n) is 8.55. The van der Waals surface area contributed by atoms with E-state index in [1.54, 1.807) is 6.20 Å². The van der Waals surface area contributed by atoms with Crippen molar-refractivity contribution in [3.05, 3.63) is 72.2 Å². The molecule has 8 nitrogen and oxygen atoms in total. The van der Waals surface area contributed by atoms with Crippen molar-refractivity contribution in [2.75, 3.05) is 5.32 Å². The molecule has 2 aromatic heterocycles. The fraction of sp³-hybridized carbons (Fsp3) is 0.150. The normalized spacial score (nSPS) is 9.62. The molecule has 0 saturated heterocycles. The number of para-hydroxylation sites is 1. The summed E-state index contributed by atoms with van der Waals surface area (Å²) in [5.41, 5.74) is 2.83. The zero-order chi connectivity index (χ0) is 21.2. The fourth-order valence-corrected chi connectivity index (χ4v) is 2.44. The summed E-state index contributed by atoms with van der Waals surface area (Å²) in [6, 6.07) is 17.5. The third kappa shape index (κ3) is 7.89. The van der Waals surface area contributed by atoms with E-state index >= 15 is 0 Å². The Morgan fingerprint density at radius 2 is 1.79 bits per heavy atom. The first-order chi connectivity index (χ1) is 13.8. The third-order valence-electron chi connectivity index (χ3n) is 3.39. The molecule has 0 aliphatic carbocycles. The van der Waals surface area contributed by atoms with E-state index in [4.69, 9.17) is 4.74 Å². The largest absolute Gasteiger partial charge is 0.455 e. The van der Waals surface area contributed by atoms with E-state index in [2.05, 4.69) is 19.6 Å². The maximum Gasteiger partial charge on any atom is 0.319 e. The summed E-state index contributed by atoms with van der Waals surface area (Å²) in [7, 11) is -2.57. The number of hydrogen-bond donors (Lipinski definition) is 1. The minimum atomic E-state index is -2.57. The van der Waals surface area contributed by atoms with Gasteiger partial charge in [0.15, 0.2) is 0 Å². The Morgan fingerprint density at radius 3 is 2.38 bits per heavy atom. The number of carbonyl (C=O) groups excluding carboxylic acids is 1. The Bertz CT molecular complexity index is 1110. The Hall–Kier alpha value is -3.59. The summed E-state index contributed by atoms with van der Waals surface area (Å²) in [4.78, 5) is 18.4. The fourth-order valence-electron chi connectivity index (χ4n) is 2.23. The predicted octanol–water partition coefficient (Wildman–Crippen LogP) is 4.22. The van der Waals surface area contributed by atoms with E-state index in [-0.39, 0.29) is 0 Å². The zero-order valence-electron chi connectivity index (χ0n) is 16.2. The molecule has 2 heterocycles. The molecule has 9 heteroatoms. The van der Waals surface area contributed by atoms with Crippen molar-refractivity contribution < 1.29 is 17.9 Å². The van der Waals surface area contributed by atoms with Crippen LogP contribution in [0.3, 0.4) is 0 Å². The van der Waals surface area contributed by atoms with Crippen molar-refractivity contribution in [1.82, 2.24) is 9.97 Å². The Kier molecular flexibility index (Phi) is 7.99. The molecule has 0 aliphatic rings. The van der Waals surface area contributed by atoms with E-state index < -0.39 is 16.4 Å². The number of ether oxygens (including phenoxy) is 1. The predicted molar refractivity (Wildman–Crippen MR) is 110 cm³/mol. The molecule has 0 spiro atoms. The molecule has 3 aromatic rings. The highest BCUT2D eigenvalue weighted by atomic mass is 32.2. The molecule has 0 bridgehead atoms. The van der Waals surface area contributed by atoms with Crippen molar-refractivity contribution in [2.24, 2.45) is 4.36 Å². The standard InChI is InChI=1S/C18H17N3O.C2H3NO3S/c1-13-8-9-17(14(2)20-13)22-16-10-11-19-18(12-16)21-15-6-4-3-5-7-15;1-2(4)3-7(5)6/h3-12H,1-2H3,(H,19,21);1H3. The van der Waals surface area contributed by atoms with Crippen LogP contribution >= 0.6 is 0 Å². The summed E-state index contributed by atoms with van der Waals surface area (Å²) in [5.74, 6) is 1.51. The number of amides is 1. The summed E-state index contributed by atoms with van der Waals surface area (Å²) >= 11 is 0. The molecule has 0 saturated carbocycles. The van der Waals surface area contributed by atoms with Crippen molar-refractivity contribution in [3.63, 3.8) is 0 Å². The number of nitrogens with one attached hydrogen (secondary N) is 1. The van der Waals surface area contributed by atoms with Crippen LogP contribution in [-0.2, 0) is 15.3 Å². The van der Waals surface area contributed by atoms with E-state index in [1.165, 1.54) is 0 Å². The second-order valence-electron chi connectivity index (χ2n) is 5.83. The van der Waals surface area contributed by atoms with Crippen LogP contribution in [0, 0.1) is 13.8 Å². The molecule has 150 valence electrons. The Labute approximate surface area is 170 Å². The molecule has 0 unspecified atom stereocenters. The van der Waals surface area contributed by atoms with Gasteiger partial charge in [0, 0.05) is 30.6 Å². The average Bonchev–Trinajstić information content (AvgIpc) is 2.65. The van der Waals surface area contributed by atoms with E-state index in [1.807, 2.05) is 68.4 Å². The number of rotatable bonds is 4. The maximum atomic E-state index is 9.69.